The van der Waals surface area contributed by atoms with Crippen LogP contribution in [0.15, 0.2) is 47.7 Å². The van der Waals surface area contributed by atoms with E-state index < -0.39 is 11.8 Å². The molecule has 0 saturated heterocycles. The van der Waals surface area contributed by atoms with Crippen molar-refractivity contribution in [2.45, 2.75) is 19.8 Å². The van der Waals surface area contributed by atoms with Gasteiger partial charge in [0.2, 0.25) is 5.78 Å². The highest BCUT2D eigenvalue weighted by Gasteiger charge is 2.36. The highest BCUT2D eigenvalue weighted by Crippen LogP contribution is 2.40. The van der Waals surface area contributed by atoms with Crippen LogP contribution in [0.4, 0.5) is 0 Å². The van der Waals surface area contributed by atoms with Crippen molar-refractivity contribution in [2.24, 2.45) is 4.99 Å². The van der Waals surface area contributed by atoms with Crippen LogP contribution in [0.2, 0.25) is 0 Å². The summed E-state index contributed by atoms with van der Waals surface area (Å²) in [6.45, 7) is 1.68. The van der Waals surface area contributed by atoms with Crippen molar-refractivity contribution in [3.63, 3.8) is 0 Å². The number of carbonyl (C=O) groups is 2. The lowest BCUT2D eigenvalue weighted by molar-refractivity contribution is -0.136. The number of hydrogen-bond acceptors (Lipinski definition) is 5. The van der Waals surface area contributed by atoms with Gasteiger partial charge in [-0.15, -0.1) is 11.3 Å². The maximum absolute atomic E-state index is 12.6. The number of ketones is 1. The Morgan fingerprint density at radius 3 is 2.75 bits per heavy atom. The molecule has 1 aromatic rings. The molecule has 2 heterocycles. The highest BCUT2D eigenvalue weighted by atomic mass is 79.9. The molecule has 1 aromatic heterocycles. The summed E-state index contributed by atoms with van der Waals surface area (Å²) in [5.74, 6) is -1.65. The second-order valence-corrected chi connectivity index (χ2v) is 8.02. The summed E-state index contributed by atoms with van der Waals surface area (Å²) in [5, 5.41) is 21.1. The fourth-order valence-electron chi connectivity index (χ4n) is 2.73. The molecular formula is C16H11BrClNO4S. The van der Waals surface area contributed by atoms with Crippen LogP contribution < -0.4 is 0 Å². The number of carboxylic acids is 1. The molecule has 8 heteroatoms. The van der Waals surface area contributed by atoms with E-state index in [4.69, 9.17) is 16.7 Å². The van der Waals surface area contributed by atoms with E-state index >= 15 is 0 Å². The predicted octanol–water partition coefficient (Wildman–Crippen LogP) is 4.45. The van der Waals surface area contributed by atoms with Crippen molar-refractivity contribution < 1.29 is 19.8 Å². The molecule has 0 radical (unpaired) electrons. The molecule has 0 aromatic carbocycles. The largest absolute Gasteiger partial charge is 0.507 e. The highest BCUT2D eigenvalue weighted by molar-refractivity contribution is 9.11. The summed E-state index contributed by atoms with van der Waals surface area (Å²) in [7, 11) is 0. The van der Waals surface area contributed by atoms with Crippen molar-refractivity contribution in [3.05, 3.63) is 48.2 Å². The number of fused-ring (bicyclic) bond motifs is 1. The fraction of sp³-hybridized carbons (Fsp3) is 0.188. The molecular weight excluding hydrogens is 418 g/mol. The third-order valence-corrected chi connectivity index (χ3v) is 5.69. The quantitative estimate of drug-likeness (QED) is 0.550. The number of carbonyl (C=O) groups excluding carboxylic acids is 1. The molecule has 1 aliphatic carbocycles. The number of halogens is 2. The first kappa shape index (κ1) is 17.1. The summed E-state index contributed by atoms with van der Waals surface area (Å²) in [6.07, 6.45) is -0.135. The second-order valence-electron chi connectivity index (χ2n) is 5.35. The van der Waals surface area contributed by atoms with E-state index in [0.29, 0.717) is 28.1 Å². The second kappa shape index (κ2) is 6.31. The molecule has 1 aliphatic heterocycles. The van der Waals surface area contributed by atoms with Crippen LogP contribution in [0.5, 0.6) is 0 Å². The Balaban J connectivity index is 2.08. The number of allylic oxidation sites excluding steroid dienone is 4. The summed E-state index contributed by atoms with van der Waals surface area (Å²) in [4.78, 5) is 28.0. The van der Waals surface area contributed by atoms with Gasteiger partial charge < -0.3 is 10.2 Å². The average Bonchev–Trinajstić information content (AvgIpc) is 3.06. The van der Waals surface area contributed by atoms with Crippen LogP contribution in [0.3, 0.4) is 0 Å². The molecule has 24 heavy (non-hydrogen) atoms. The normalized spacial score (nSPS) is 19.6. The van der Waals surface area contributed by atoms with E-state index in [-0.39, 0.29) is 29.2 Å². The summed E-state index contributed by atoms with van der Waals surface area (Å²) >= 11 is 10.9. The van der Waals surface area contributed by atoms with Gasteiger partial charge in [0.05, 0.1) is 21.0 Å². The summed E-state index contributed by atoms with van der Waals surface area (Å²) in [5.41, 5.74) is 2.59. The molecule has 5 nitrogen and oxygen atoms in total. The lowest BCUT2D eigenvalue weighted by Crippen LogP contribution is -2.21. The first-order valence-corrected chi connectivity index (χ1v) is 8.95. The van der Waals surface area contributed by atoms with Gasteiger partial charge in [-0.2, -0.15) is 0 Å². The average molecular weight is 429 g/mol. The Kier molecular flexibility index (Phi) is 4.50. The van der Waals surface area contributed by atoms with Crippen molar-refractivity contribution in [1.82, 2.24) is 0 Å². The zero-order valence-electron chi connectivity index (χ0n) is 12.4. The van der Waals surface area contributed by atoms with Gasteiger partial charge in [0.25, 0.3) is 0 Å². The van der Waals surface area contributed by atoms with Gasteiger partial charge in [-0.25, -0.2) is 0 Å². The maximum atomic E-state index is 12.6. The number of carboxylic acid groups (broad SMARTS) is 1. The SMILES string of the molecule is CC1=C(CC(=O)O)C2=C(Cl)C(=O)C(=C(O)c3csc(Br)c3)CC2=N1. The molecule has 3 rings (SSSR count). The zero-order valence-corrected chi connectivity index (χ0v) is 15.5. The van der Waals surface area contributed by atoms with E-state index in [1.54, 1.807) is 18.4 Å². The Labute approximate surface area is 154 Å². The minimum absolute atomic E-state index is 0.0936. The van der Waals surface area contributed by atoms with Crippen LogP contribution in [-0.4, -0.2) is 27.7 Å². The summed E-state index contributed by atoms with van der Waals surface area (Å²) < 4.78 is 0.828. The number of thiophene rings is 1. The number of nitrogens with zero attached hydrogens (tertiary/aromatic N) is 1. The smallest absolute Gasteiger partial charge is 0.307 e. The van der Waals surface area contributed by atoms with Crippen LogP contribution in [0.1, 0.15) is 25.3 Å². The molecule has 2 aliphatic rings. The van der Waals surface area contributed by atoms with Crippen molar-refractivity contribution >= 4 is 62.1 Å². The fourth-order valence-corrected chi connectivity index (χ4v) is 4.21. The van der Waals surface area contributed by atoms with Gasteiger partial charge in [-0.05, 0) is 34.5 Å². The van der Waals surface area contributed by atoms with Crippen LogP contribution in [-0.2, 0) is 9.59 Å². The number of aliphatic carboxylic acids is 1. The topological polar surface area (TPSA) is 87.0 Å². The monoisotopic (exact) mass is 427 g/mol. The first-order chi connectivity index (χ1) is 11.3. The lowest BCUT2D eigenvalue weighted by Gasteiger charge is -2.19. The number of aliphatic hydroxyl groups is 1. The number of aliphatic hydroxyl groups excluding tert-OH is 1. The Bertz CT molecular complexity index is 907. The van der Waals surface area contributed by atoms with Crippen molar-refractivity contribution in [2.75, 3.05) is 0 Å². The zero-order chi connectivity index (χ0) is 17.6. The lowest BCUT2D eigenvalue weighted by atomic mass is 9.86. The van der Waals surface area contributed by atoms with E-state index in [0.717, 1.165) is 3.79 Å². The Hall–Kier alpha value is -1.70. The van der Waals surface area contributed by atoms with E-state index in [1.807, 2.05) is 0 Å². The molecule has 0 atom stereocenters. The number of rotatable bonds is 3. The molecule has 0 spiro atoms. The first-order valence-electron chi connectivity index (χ1n) is 6.90. The van der Waals surface area contributed by atoms with Gasteiger partial charge in [0, 0.05) is 34.2 Å². The predicted molar refractivity (Wildman–Crippen MR) is 96.5 cm³/mol. The van der Waals surface area contributed by atoms with Gasteiger partial charge in [0.15, 0.2) is 0 Å². The molecule has 0 unspecified atom stereocenters. The molecule has 0 fully saturated rings. The van der Waals surface area contributed by atoms with E-state index in [1.165, 1.54) is 11.3 Å². The van der Waals surface area contributed by atoms with E-state index in [2.05, 4.69) is 20.9 Å². The molecule has 2 N–H and O–H groups in total. The van der Waals surface area contributed by atoms with Gasteiger partial charge in [-0.1, -0.05) is 11.6 Å². The van der Waals surface area contributed by atoms with Gasteiger partial charge in [-0.3, -0.25) is 14.6 Å². The number of Topliss-reactive ketones (excluding diaryl/α,β-unsaturated/α-hetero) is 1. The van der Waals surface area contributed by atoms with Gasteiger partial charge in [0.1, 0.15) is 5.76 Å². The number of hydrogen-bond donors (Lipinski definition) is 2. The third-order valence-electron chi connectivity index (χ3n) is 3.82. The summed E-state index contributed by atoms with van der Waals surface area (Å²) in [6, 6.07) is 1.71. The Morgan fingerprint density at radius 2 is 2.17 bits per heavy atom. The van der Waals surface area contributed by atoms with E-state index in [9.17, 15) is 14.7 Å². The Morgan fingerprint density at radius 1 is 1.46 bits per heavy atom. The van der Waals surface area contributed by atoms with Crippen LogP contribution in [0.25, 0.3) is 5.76 Å². The molecule has 0 amide bonds. The standard InChI is InChI=1S/C16H11BrClNO4S/c1-6-8(4-12(20)21)13-10(19-6)3-9(16(23)14(13)18)15(22)7-2-11(17)24-5-7/h2,5,22H,3-4H2,1H3,(H,20,21). The molecule has 0 saturated carbocycles. The van der Waals surface area contributed by atoms with Crippen molar-refractivity contribution in [1.29, 1.82) is 0 Å². The van der Waals surface area contributed by atoms with Crippen LogP contribution >= 0.6 is 38.9 Å². The third kappa shape index (κ3) is 2.87. The van der Waals surface area contributed by atoms with Crippen LogP contribution in [0, 0.1) is 0 Å². The van der Waals surface area contributed by atoms with Gasteiger partial charge >= 0.3 is 5.97 Å². The molecule has 0 bridgehead atoms. The molecule has 124 valence electrons. The minimum Gasteiger partial charge on any atom is -0.507 e. The van der Waals surface area contributed by atoms with Crippen molar-refractivity contribution in [3.8, 4) is 0 Å². The minimum atomic E-state index is -1.02. The number of aliphatic imine (C=N–C) groups is 1. The maximum Gasteiger partial charge on any atom is 0.307 e.